The Morgan fingerprint density at radius 3 is 1.93 bits per heavy atom. The predicted molar refractivity (Wildman–Crippen MR) is 159 cm³/mol. The highest BCUT2D eigenvalue weighted by Gasteiger charge is 2.19. The van der Waals surface area contributed by atoms with Gasteiger partial charge in [0, 0.05) is 36.0 Å². The SMILES string of the molecule is CC1CCCN(CCCOc2ccc(-c3cc[n+]([O-])cc3)cc2)C1.O=S(=O)(O)c1cccc2c(S(=O)(=O)O)cccc12. The molecule has 0 amide bonds. The van der Waals surface area contributed by atoms with Crippen molar-refractivity contribution in [3.8, 4) is 16.9 Å². The zero-order valence-corrected chi connectivity index (χ0v) is 24.8. The van der Waals surface area contributed by atoms with Crippen molar-refractivity contribution in [2.45, 2.75) is 36.0 Å². The molecule has 1 fully saturated rings. The van der Waals surface area contributed by atoms with Crippen molar-refractivity contribution in [1.82, 2.24) is 4.90 Å². The second-order valence-electron chi connectivity index (χ2n) is 10.3. The number of nitrogens with zero attached hydrogens (tertiary/aromatic N) is 2. The van der Waals surface area contributed by atoms with E-state index in [1.165, 1.54) is 62.6 Å². The van der Waals surface area contributed by atoms with E-state index in [0.717, 1.165) is 59.2 Å². The van der Waals surface area contributed by atoms with Crippen LogP contribution >= 0.6 is 0 Å². The van der Waals surface area contributed by atoms with Gasteiger partial charge in [-0.15, -0.1) is 0 Å². The molecule has 0 aliphatic carbocycles. The monoisotopic (exact) mass is 614 g/mol. The van der Waals surface area contributed by atoms with Gasteiger partial charge in [0.05, 0.1) is 6.61 Å². The molecule has 42 heavy (non-hydrogen) atoms. The second-order valence-corrected chi connectivity index (χ2v) is 13.1. The van der Waals surface area contributed by atoms with Crippen LogP contribution in [0.15, 0.2) is 95.0 Å². The largest absolute Gasteiger partial charge is 0.619 e. The van der Waals surface area contributed by atoms with Gasteiger partial charge in [0.25, 0.3) is 20.2 Å². The maximum absolute atomic E-state index is 11.2. The fraction of sp³-hybridized carbons (Fsp3) is 0.300. The summed E-state index contributed by atoms with van der Waals surface area (Å²) < 4.78 is 69.3. The van der Waals surface area contributed by atoms with Crippen molar-refractivity contribution in [3.05, 3.63) is 90.4 Å². The molecule has 0 radical (unpaired) electrons. The summed E-state index contributed by atoms with van der Waals surface area (Å²) in [6.07, 6.45) is 6.80. The Labute approximate surface area is 246 Å². The highest BCUT2D eigenvalue weighted by molar-refractivity contribution is 7.86. The first-order valence-corrected chi connectivity index (χ1v) is 16.4. The predicted octanol–water partition coefficient (Wildman–Crippen LogP) is 4.82. The Balaban J connectivity index is 0.000000201. The number of piperidine rings is 1. The zero-order chi connectivity index (χ0) is 30.3. The molecule has 2 N–H and O–H groups in total. The van der Waals surface area contributed by atoms with Gasteiger partial charge in [0.2, 0.25) is 0 Å². The average molecular weight is 615 g/mol. The molecule has 1 aliphatic heterocycles. The number of rotatable bonds is 8. The van der Waals surface area contributed by atoms with Crippen LogP contribution in [0.1, 0.15) is 26.2 Å². The quantitative estimate of drug-likeness (QED) is 0.123. The molecule has 1 aliphatic rings. The highest BCUT2D eigenvalue weighted by atomic mass is 32.2. The van der Waals surface area contributed by atoms with Crippen LogP contribution in [-0.2, 0) is 20.2 Å². The number of benzene rings is 3. The van der Waals surface area contributed by atoms with E-state index < -0.39 is 30.0 Å². The molecule has 5 rings (SSSR count). The molecule has 1 unspecified atom stereocenters. The lowest BCUT2D eigenvalue weighted by Crippen LogP contribution is -2.35. The van der Waals surface area contributed by atoms with Crippen LogP contribution < -0.4 is 9.47 Å². The molecule has 224 valence electrons. The van der Waals surface area contributed by atoms with E-state index in [1.807, 2.05) is 36.4 Å². The van der Waals surface area contributed by atoms with Crippen LogP contribution in [0, 0.1) is 11.1 Å². The lowest BCUT2D eigenvalue weighted by molar-refractivity contribution is -0.605. The molecular weight excluding hydrogens is 580 g/mol. The molecule has 1 aromatic heterocycles. The lowest BCUT2D eigenvalue weighted by atomic mass is 10.0. The molecule has 0 spiro atoms. The van der Waals surface area contributed by atoms with Crippen molar-refractivity contribution in [3.63, 3.8) is 0 Å². The van der Waals surface area contributed by atoms with E-state index in [4.69, 9.17) is 13.8 Å². The van der Waals surface area contributed by atoms with Crippen LogP contribution in [0.5, 0.6) is 5.75 Å². The highest BCUT2D eigenvalue weighted by Crippen LogP contribution is 2.28. The number of hydrogen-bond donors (Lipinski definition) is 2. The number of aromatic nitrogens is 1. The summed E-state index contributed by atoms with van der Waals surface area (Å²) in [6.45, 7) is 6.69. The molecule has 4 aromatic rings. The molecule has 3 aromatic carbocycles. The topological polar surface area (TPSA) is 148 Å². The first kappa shape index (κ1) is 31.4. The van der Waals surface area contributed by atoms with Gasteiger partial charge in [0.15, 0.2) is 12.4 Å². The Bertz CT molecular complexity index is 1640. The summed E-state index contributed by atoms with van der Waals surface area (Å²) in [5.74, 6) is 1.74. The first-order chi connectivity index (χ1) is 19.9. The van der Waals surface area contributed by atoms with Crippen molar-refractivity contribution < 1.29 is 35.4 Å². The Morgan fingerprint density at radius 2 is 1.40 bits per heavy atom. The molecule has 2 heterocycles. The van der Waals surface area contributed by atoms with Crippen molar-refractivity contribution in [2.75, 3.05) is 26.2 Å². The normalized spacial score (nSPS) is 16.0. The molecule has 1 atom stereocenters. The fourth-order valence-corrected chi connectivity index (χ4v) is 6.43. The maximum atomic E-state index is 11.2. The van der Waals surface area contributed by atoms with Gasteiger partial charge in [-0.25, -0.2) is 0 Å². The third kappa shape index (κ3) is 8.49. The third-order valence-electron chi connectivity index (χ3n) is 7.02. The second kappa shape index (κ2) is 13.6. The number of fused-ring (bicyclic) bond motifs is 1. The fourth-order valence-electron chi connectivity index (χ4n) is 5.02. The summed E-state index contributed by atoms with van der Waals surface area (Å²) in [5.41, 5.74) is 2.12. The van der Waals surface area contributed by atoms with Crippen molar-refractivity contribution >= 4 is 31.0 Å². The standard InChI is InChI=1S/C20H26N2O2.C10H8O6S2/c1-17-4-2-11-21(16-17)12-3-15-24-20-7-5-18(6-8-20)19-9-13-22(23)14-10-19;11-17(12,13)9-5-1-3-7-8(9)4-2-6-10(7)18(14,15)16/h5-10,13-14,17H,2-4,11-12,15-16H2,1H3;1-6H,(H,11,12,13)(H,14,15,16). The van der Waals surface area contributed by atoms with Gasteiger partial charge in [-0.1, -0.05) is 43.3 Å². The summed E-state index contributed by atoms with van der Waals surface area (Å²) in [6, 6.07) is 19.2. The molecule has 1 saturated heterocycles. The summed E-state index contributed by atoms with van der Waals surface area (Å²) in [5, 5.41) is 11.1. The first-order valence-electron chi connectivity index (χ1n) is 13.5. The number of likely N-dealkylation sites (tertiary alicyclic amines) is 1. The van der Waals surface area contributed by atoms with Crippen LogP contribution in [0.3, 0.4) is 0 Å². The van der Waals surface area contributed by atoms with Gasteiger partial charge in [-0.2, -0.15) is 21.6 Å². The molecule has 0 saturated carbocycles. The minimum Gasteiger partial charge on any atom is -0.619 e. The van der Waals surface area contributed by atoms with Gasteiger partial charge in [0.1, 0.15) is 15.5 Å². The Hall–Kier alpha value is -3.55. The van der Waals surface area contributed by atoms with Crippen molar-refractivity contribution in [1.29, 1.82) is 0 Å². The van der Waals surface area contributed by atoms with Crippen LogP contribution in [0.25, 0.3) is 21.9 Å². The van der Waals surface area contributed by atoms with Crippen molar-refractivity contribution in [2.24, 2.45) is 5.92 Å². The van der Waals surface area contributed by atoms with E-state index in [9.17, 15) is 22.0 Å². The van der Waals surface area contributed by atoms with Crippen LogP contribution in [0.2, 0.25) is 0 Å². The minimum atomic E-state index is -4.47. The number of ether oxygens (including phenoxy) is 1. The number of hydrogen-bond acceptors (Lipinski definition) is 7. The smallest absolute Gasteiger partial charge is 0.295 e. The van der Waals surface area contributed by atoms with Gasteiger partial charge < -0.3 is 14.8 Å². The van der Waals surface area contributed by atoms with E-state index in [0.29, 0.717) is 0 Å². The van der Waals surface area contributed by atoms with Gasteiger partial charge >= 0.3 is 0 Å². The van der Waals surface area contributed by atoms with E-state index >= 15 is 0 Å². The van der Waals surface area contributed by atoms with Crippen LogP contribution in [-0.4, -0.2) is 57.1 Å². The zero-order valence-electron chi connectivity index (χ0n) is 23.2. The average Bonchev–Trinajstić information content (AvgIpc) is 2.95. The van der Waals surface area contributed by atoms with E-state index in [2.05, 4.69) is 11.8 Å². The van der Waals surface area contributed by atoms with Crippen LogP contribution in [0.4, 0.5) is 0 Å². The number of pyridine rings is 1. The minimum absolute atomic E-state index is 0.0233. The Kier molecular flexibility index (Phi) is 10.2. The third-order valence-corrected chi connectivity index (χ3v) is 8.84. The summed E-state index contributed by atoms with van der Waals surface area (Å²) in [4.78, 5) is 1.73. The molecular formula is C30H34N2O8S2. The summed E-state index contributed by atoms with van der Waals surface area (Å²) in [7, 11) is -8.94. The summed E-state index contributed by atoms with van der Waals surface area (Å²) >= 11 is 0. The van der Waals surface area contributed by atoms with E-state index in [-0.39, 0.29) is 10.8 Å². The van der Waals surface area contributed by atoms with E-state index in [1.54, 1.807) is 0 Å². The Morgan fingerprint density at radius 1 is 0.857 bits per heavy atom. The molecule has 12 heteroatoms. The maximum Gasteiger partial charge on any atom is 0.295 e. The lowest BCUT2D eigenvalue weighted by Gasteiger charge is -2.30. The molecule has 0 bridgehead atoms. The van der Waals surface area contributed by atoms with Gasteiger partial charge in [-0.05, 0) is 67.1 Å². The van der Waals surface area contributed by atoms with Gasteiger partial charge in [-0.3, -0.25) is 9.11 Å². The molecule has 10 nitrogen and oxygen atoms in total.